The standard InChI is InChI=1S/C12H15ClO3/c1-7(6-14)9-5-10(13)12-11(8(9)2)15-3-4-16-12/h5,7,14H,3-4,6H2,1-2H3. The minimum atomic E-state index is 0.0494. The average molecular weight is 243 g/mol. The van der Waals surface area contributed by atoms with E-state index in [0.717, 1.165) is 11.1 Å². The Bertz CT molecular complexity index is 404. The Balaban J connectivity index is 2.53. The molecule has 0 radical (unpaired) electrons. The van der Waals surface area contributed by atoms with Crippen LogP contribution in [0.15, 0.2) is 6.07 Å². The minimum Gasteiger partial charge on any atom is -0.486 e. The molecule has 0 fully saturated rings. The van der Waals surface area contributed by atoms with Crippen LogP contribution in [-0.4, -0.2) is 24.9 Å². The van der Waals surface area contributed by atoms with Crippen LogP contribution in [-0.2, 0) is 0 Å². The van der Waals surface area contributed by atoms with E-state index in [-0.39, 0.29) is 12.5 Å². The molecule has 1 N–H and O–H groups in total. The van der Waals surface area contributed by atoms with Crippen LogP contribution in [0, 0.1) is 6.92 Å². The molecule has 16 heavy (non-hydrogen) atoms. The molecule has 1 heterocycles. The van der Waals surface area contributed by atoms with Gasteiger partial charge in [0.15, 0.2) is 11.5 Å². The fraction of sp³-hybridized carbons (Fsp3) is 0.500. The lowest BCUT2D eigenvalue weighted by Crippen LogP contribution is -2.17. The number of hydrogen-bond acceptors (Lipinski definition) is 3. The van der Waals surface area contributed by atoms with Gasteiger partial charge in [0.25, 0.3) is 0 Å². The highest BCUT2D eigenvalue weighted by Crippen LogP contribution is 2.43. The van der Waals surface area contributed by atoms with Gasteiger partial charge in [-0.05, 0) is 24.1 Å². The lowest BCUT2D eigenvalue weighted by Gasteiger charge is -2.24. The Kier molecular flexibility index (Phi) is 3.26. The first-order valence-electron chi connectivity index (χ1n) is 5.34. The predicted octanol–water partition coefficient (Wildman–Crippen LogP) is 2.52. The first-order chi connectivity index (χ1) is 7.65. The second kappa shape index (κ2) is 4.52. The smallest absolute Gasteiger partial charge is 0.180 e. The summed E-state index contributed by atoms with van der Waals surface area (Å²) in [6.45, 7) is 5.08. The summed E-state index contributed by atoms with van der Waals surface area (Å²) < 4.78 is 11.1. The summed E-state index contributed by atoms with van der Waals surface area (Å²) in [4.78, 5) is 0. The summed E-state index contributed by atoms with van der Waals surface area (Å²) in [5, 5.41) is 9.74. The normalized spacial score (nSPS) is 16.0. The third-order valence-electron chi connectivity index (χ3n) is 2.86. The first-order valence-corrected chi connectivity index (χ1v) is 5.72. The van der Waals surface area contributed by atoms with Gasteiger partial charge in [-0.2, -0.15) is 0 Å². The Labute approximate surface area is 99.9 Å². The van der Waals surface area contributed by atoms with Crippen molar-refractivity contribution in [1.82, 2.24) is 0 Å². The van der Waals surface area contributed by atoms with E-state index >= 15 is 0 Å². The van der Waals surface area contributed by atoms with Crippen molar-refractivity contribution in [2.75, 3.05) is 19.8 Å². The molecule has 0 bridgehead atoms. The number of ether oxygens (including phenoxy) is 2. The monoisotopic (exact) mass is 242 g/mol. The summed E-state index contributed by atoms with van der Waals surface area (Å²) >= 11 is 6.13. The summed E-state index contributed by atoms with van der Waals surface area (Å²) in [6, 6.07) is 1.85. The summed E-state index contributed by atoms with van der Waals surface area (Å²) in [6.07, 6.45) is 0. The van der Waals surface area contributed by atoms with Crippen LogP contribution in [0.1, 0.15) is 24.0 Å². The lowest BCUT2D eigenvalue weighted by molar-refractivity contribution is 0.170. The average Bonchev–Trinajstić information content (AvgIpc) is 2.33. The third kappa shape index (κ3) is 1.85. The molecule has 1 aromatic rings. The fourth-order valence-corrected chi connectivity index (χ4v) is 2.18. The third-order valence-corrected chi connectivity index (χ3v) is 3.14. The molecule has 2 rings (SSSR count). The van der Waals surface area contributed by atoms with Gasteiger partial charge in [-0.15, -0.1) is 0 Å². The Morgan fingerprint density at radius 3 is 2.62 bits per heavy atom. The highest BCUT2D eigenvalue weighted by atomic mass is 35.5. The maximum atomic E-state index is 9.19. The van der Waals surface area contributed by atoms with Crippen molar-refractivity contribution < 1.29 is 14.6 Å². The number of benzene rings is 1. The van der Waals surface area contributed by atoms with Gasteiger partial charge in [-0.25, -0.2) is 0 Å². The summed E-state index contributed by atoms with van der Waals surface area (Å²) in [5.41, 5.74) is 2.01. The van der Waals surface area contributed by atoms with Crippen LogP contribution in [0.5, 0.6) is 11.5 Å². The van der Waals surface area contributed by atoms with E-state index in [0.29, 0.717) is 29.7 Å². The molecule has 0 aliphatic carbocycles. The van der Waals surface area contributed by atoms with Crippen molar-refractivity contribution in [3.63, 3.8) is 0 Å². The first kappa shape index (κ1) is 11.6. The molecule has 0 saturated heterocycles. The van der Waals surface area contributed by atoms with Crippen LogP contribution in [0.4, 0.5) is 0 Å². The summed E-state index contributed by atoms with van der Waals surface area (Å²) in [7, 11) is 0. The second-order valence-electron chi connectivity index (χ2n) is 4.01. The van der Waals surface area contributed by atoms with Crippen LogP contribution >= 0.6 is 11.6 Å². The van der Waals surface area contributed by atoms with Gasteiger partial charge in [0.05, 0.1) is 5.02 Å². The Morgan fingerprint density at radius 1 is 1.38 bits per heavy atom. The Hall–Kier alpha value is -0.930. The molecule has 1 unspecified atom stereocenters. The van der Waals surface area contributed by atoms with E-state index in [2.05, 4.69) is 0 Å². The highest BCUT2D eigenvalue weighted by molar-refractivity contribution is 6.32. The molecule has 1 aliphatic heterocycles. The van der Waals surface area contributed by atoms with Crippen molar-refractivity contribution in [3.8, 4) is 11.5 Å². The van der Waals surface area contributed by atoms with Gasteiger partial charge < -0.3 is 14.6 Å². The fourth-order valence-electron chi connectivity index (χ4n) is 1.93. The topological polar surface area (TPSA) is 38.7 Å². The maximum absolute atomic E-state index is 9.19. The van der Waals surface area contributed by atoms with Gasteiger partial charge in [-0.1, -0.05) is 18.5 Å². The number of aliphatic hydroxyl groups is 1. The van der Waals surface area contributed by atoms with Gasteiger partial charge in [0.1, 0.15) is 13.2 Å². The van der Waals surface area contributed by atoms with Gasteiger partial charge in [0, 0.05) is 12.5 Å². The molecule has 4 heteroatoms. The zero-order valence-electron chi connectivity index (χ0n) is 9.42. The quantitative estimate of drug-likeness (QED) is 0.866. The minimum absolute atomic E-state index is 0.0494. The van der Waals surface area contributed by atoms with Crippen LogP contribution < -0.4 is 9.47 Å². The molecular weight excluding hydrogens is 228 g/mol. The molecule has 0 amide bonds. The molecule has 1 aromatic carbocycles. The molecule has 0 saturated carbocycles. The molecule has 1 atom stereocenters. The largest absolute Gasteiger partial charge is 0.486 e. The number of aliphatic hydroxyl groups excluding tert-OH is 1. The van der Waals surface area contributed by atoms with Crippen molar-refractivity contribution >= 4 is 11.6 Å². The van der Waals surface area contributed by atoms with Gasteiger partial charge >= 0.3 is 0 Å². The zero-order valence-corrected chi connectivity index (χ0v) is 10.2. The molecule has 1 aliphatic rings. The van der Waals surface area contributed by atoms with E-state index in [1.165, 1.54) is 0 Å². The Morgan fingerprint density at radius 2 is 2.00 bits per heavy atom. The van der Waals surface area contributed by atoms with E-state index in [4.69, 9.17) is 21.1 Å². The number of fused-ring (bicyclic) bond motifs is 1. The molecule has 0 spiro atoms. The number of rotatable bonds is 2. The van der Waals surface area contributed by atoms with Gasteiger partial charge in [-0.3, -0.25) is 0 Å². The van der Waals surface area contributed by atoms with Crippen molar-refractivity contribution in [2.45, 2.75) is 19.8 Å². The van der Waals surface area contributed by atoms with Crippen molar-refractivity contribution in [1.29, 1.82) is 0 Å². The zero-order chi connectivity index (χ0) is 11.7. The molecule has 88 valence electrons. The lowest BCUT2D eigenvalue weighted by atomic mass is 9.96. The SMILES string of the molecule is Cc1c(C(C)CO)cc(Cl)c2c1OCCO2. The molecular formula is C12H15ClO3. The predicted molar refractivity (Wildman–Crippen MR) is 62.7 cm³/mol. The van der Waals surface area contributed by atoms with Crippen molar-refractivity contribution in [3.05, 3.63) is 22.2 Å². The maximum Gasteiger partial charge on any atom is 0.180 e. The van der Waals surface area contributed by atoms with E-state index in [9.17, 15) is 5.11 Å². The number of halogens is 1. The van der Waals surface area contributed by atoms with Gasteiger partial charge in [0.2, 0.25) is 0 Å². The van der Waals surface area contributed by atoms with Crippen LogP contribution in [0.3, 0.4) is 0 Å². The van der Waals surface area contributed by atoms with E-state index in [1.54, 1.807) is 0 Å². The van der Waals surface area contributed by atoms with Crippen LogP contribution in [0.2, 0.25) is 5.02 Å². The highest BCUT2D eigenvalue weighted by Gasteiger charge is 2.22. The molecule has 3 nitrogen and oxygen atoms in total. The van der Waals surface area contributed by atoms with Crippen molar-refractivity contribution in [2.24, 2.45) is 0 Å². The van der Waals surface area contributed by atoms with E-state index in [1.807, 2.05) is 19.9 Å². The van der Waals surface area contributed by atoms with E-state index < -0.39 is 0 Å². The molecule has 0 aromatic heterocycles. The van der Waals surface area contributed by atoms with Crippen LogP contribution in [0.25, 0.3) is 0 Å². The summed E-state index contributed by atoms with van der Waals surface area (Å²) in [5.74, 6) is 1.39. The second-order valence-corrected chi connectivity index (χ2v) is 4.42. The number of hydrogen-bond donors (Lipinski definition) is 1.